The van der Waals surface area contributed by atoms with Crippen molar-refractivity contribution in [2.24, 2.45) is 0 Å². The molecule has 46 heavy (non-hydrogen) atoms. The molecule has 6 N–H and O–H groups in total. The van der Waals surface area contributed by atoms with E-state index in [0.29, 0.717) is 0 Å². The monoisotopic (exact) mass is 646 g/mol. The van der Waals surface area contributed by atoms with Gasteiger partial charge in [-0.05, 0) is 19.3 Å². The number of carbonyl (C=O) groups is 3. The highest BCUT2D eigenvalue weighted by atomic mass is 16.6. The maximum Gasteiger partial charge on any atom is 0.291 e. The summed E-state index contributed by atoms with van der Waals surface area (Å²) in [4.78, 5) is 83.6. The van der Waals surface area contributed by atoms with Gasteiger partial charge in [0.05, 0.1) is 18.8 Å². The predicted octanol–water partition coefficient (Wildman–Crippen LogP) is 0.609. The minimum absolute atomic E-state index is 0.0509. The fourth-order valence-corrected chi connectivity index (χ4v) is 4.46. The van der Waals surface area contributed by atoms with Gasteiger partial charge in [-0.2, -0.15) is 0 Å². The molecule has 3 rings (SSSR count). The Morgan fingerprint density at radius 1 is 0.630 bits per heavy atom. The number of nitro groups is 1. The molecular formula is C28H30N4O14. The second-order valence-corrected chi connectivity index (χ2v) is 9.95. The van der Waals surface area contributed by atoms with E-state index in [-0.39, 0.29) is 58.2 Å². The predicted molar refractivity (Wildman–Crippen MR) is 154 cm³/mol. The van der Waals surface area contributed by atoms with Crippen LogP contribution in [-0.2, 0) is 0 Å². The molecule has 0 aliphatic rings. The highest BCUT2D eigenvalue weighted by Gasteiger charge is 2.41. The fourth-order valence-electron chi connectivity index (χ4n) is 4.46. The third-order valence-corrected chi connectivity index (χ3v) is 6.88. The van der Waals surface area contributed by atoms with Crippen LogP contribution in [0.5, 0.6) is 17.2 Å². The molecular weight excluding hydrogens is 616 g/mol. The largest absolute Gasteiger partial charge is 0.501 e. The van der Waals surface area contributed by atoms with E-state index in [4.69, 9.17) is 13.3 Å². The van der Waals surface area contributed by atoms with Crippen LogP contribution in [0.2, 0.25) is 0 Å². The Bertz CT molecular complexity index is 1570. The van der Waals surface area contributed by atoms with Gasteiger partial charge in [0.15, 0.2) is 0 Å². The summed E-state index contributed by atoms with van der Waals surface area (Å²) in [6.07, 6.45) is 2.62. The molecule has 0 aromatic carbocycles. The van der Waals surface area contributed by atoms with Gasteiger partial charge in [0.25, 0.3) is 17.7 Å². The average Bonchev–Trinajstić information content (AvgIpc) is 3.02. The zero-order chi connectivity index (χ0) is 33.9. The molecule has 0 saturated carbocycles. The summed E-state index contributed by atoms with van der Waals surface area (Å²) in [6, 6.07) is 2.75. The van der Waals surface area contributed by atoms with Gasteiger partial charge in [0, 0.05) is 62.0 Å². The third kappa shape index (κ3) is 8.58. The highest BCUT2D eigenvalue weighted by Crippen LogP contribution is 2.29. The summed E-state index contributed by atoms with van der Waals surface area (Å²) in [5.41, 5.74) is -4.14. The molecule has 246 valence electrons. The molecule has 0 unspecified atom stereocenters. The Hall–Kier alpha value is -5.94. The first kappa shape index (κ1) is 34.5. The van der Waals surface area contributed by atoms with Crippen molar-refractivity contribution in [1.82, 2.24) is 16.0 Å². The van der Waals surface area contributed by atoms with E-state index in [2.05, 4.69) is 16.0 Å². The lowest BCUT2D eigenvalue weighted by Crippen LogP contribution is -2.41. The molecule has 3 amide bonds. The molecule has 3 aromatic heterocycles. The Morgan fingerprint density at radius 2 is 0.913 bits per heavy atom. The van der Waals surface area contributed by atoms with Crippen molar-refractivity contribution < 1.29 is 47.9 Å². The lowest BCUT2D eigenvalue weighted by atomic mass is 9.84. The number of carbonyl (C=O) groups excluding carboxylic acids is 3. The standard InChI is InChI=1S/C28H30N4O14/c33-16-4-13-44-22(19(16)36)25(39)29-10-1-7-28(32(42)43,8-2-11-30-26(40)23-20(37)17(34)5-14-45-23)9-3-12-31-27(41)24-21(38)18(35)6-15-46-24/h4-6,13-15,36-38H,1-3,7-12H2,(H,29,39)(H,30,40)(H,31,41). The number of nitrogens with zero attached hydrogens (tertiary/aromatic N) is 1. The van der Waals surface area contributed by atoms with Crippen molar-refractivity contribution >= 4 is 17.7 Å². The van der Waals surface area contributed by atoms with Gasteiger partial charge in [-0.15, -0.1) is 0 Å². The third-order valence-electron chi connectivity index (χ3n) is 6.88. The Balaban J connectivity index is 1.64. The fraction of sp³-hybridized carbons (Fsp3) is 0.357. The first-order valence-corrected chi connectivity index (χ1v) is 13.8. The minimum atomic E-state index is -1.63. The number of nitrogens with one attached hydrogen (secondary N) is 3. The number of rotatable bonds is 16. The molecule has 0 aliphatic carbocycles. The van der Waals surface area contributed by atoms with E-state index >= 15 is 0 Å². The summed E-state index contributed by atoms with van der Waals surface area (Å²) in [6.45, 7) is -0.338. The second kappa shape index (κ2) is 15.7. The van der Waals surface area contributed by atoms with Gasteiger partial charge in [-0.25, -0.2) is 0 Å². The summed E-state index contributed by atoms with van der Waals surface area (Å²) >= 11 is 0. The Kier molecular flexibility index (Phi) is 11.8. The van der Waals surface area contributed by atoms with Crippen molar-refractivity contribution in [2.75, 3.05) is 19.6 Å². The topological polar surface area (TPSA) is 282 Å². The van der Waals surface area contributed by atoms with Crippen molar-refractivity contribution in [3.8, 4) is 17.2 Å². The Labute approximate surface area is 257 Å². The SMILES string of the molecule is O=C(NCCCC(CCCNC(=O)c1occc(=O)c1O)(CCCNC(=O)c1occc(=O)c1O)[N+](=O)[O-])c1occc(=O)c1O. The van der Waals surface area contributed by atoms with Gasteiger partial charge in [0.2, 0.25) is 56.4 Å². The van der Waals surface area contributed by atoms with Crippen LogP contribution < -0.4 is 32.2 Å². The molecule has 0 saturated heterocycles. The van der Waals surface area contributed by atoms with E-state index in [1.54, 1.807) is 0 Å². The lowest BCUT2D eigenvalue weighted by molar-refractivity contribution is -0.574. The van der Waals surface area contributed by atoms with Crippen LogP contribution in [0.1, 0.15) is 70.2 Å². The summed E-state index contributed by atoms with van der Waals surface area (Å²) < 4.78 is 14.6. The van der Waals surface area contributed by atoms with Crippen molar-refractivity contribution in [3.05, 3.63) is 95.1 Å². The Morgan fingerprint density at radius 3 is 1.17 bits per heavy atom. The van der Waals surface area contributed by atoms with Crippen LogP contribution in [0.3, 0.4) is 0 Å². The van der Waals surface area contributed by atoms with E-state index in [9.17, 15) is 54.2 Å². The minimum Gasteiger partial charge on any atom is -0.501 e. The molecule has 0 fully saturated rings. The first-order chi connectivity index (χ1) is 21.9. The van der Waals surface area contributed by atoms with Gasteiger partial charge < -0.3 is 44.5 Å². The van der Waals surface area contributed by atoms with Crippen LogP contribution in [0.25, 0.3) is 0 Å². The summed E-state index contributed by atoms with van der Waals surface area (Å²) in [5.74, 6) is -7.31. The van der Waals surface area contributed by atoms with Crippen LogP contribution in [0, 0.1) is 10.1 Å². The van der Waals surface area contributed by atoms with Crippen LogP contribution >= 0.6 is 0 Å². The van der Waals surface area contributed by atoms with Gasteiger partial charge in [-0.3, -0.25) is 38.9 Å². The van der Waals surface area contributed by atoms with E-state index < -0.39 is 79.0 Å². The second-order valence-electron chi connectivity index (χ2n) is 9.95. The molecule has 0 spiro atoms. The smallest absolute Gasteiger partial charge is 0.291 e. The number of aromatic hydroxyl groups is 3. The maximum atomic E-state index is 12.4. The van der Waals surface area contributed by atoms with E-state index in [0.717, 1.165) is 37.0 Å². The van der Waals surface area contributed by atoms with Crippen LogP contribution in [0.15, 0.2) is 64.6 Å². The molecule has 0 radical (unpaired) electrons. The quantitative estimate of drug-likeness (QED) is 0.0706. The van der Waals surface area contributed by atoms with Gasteiger partial charge in [-0.1, -0.05) is 0 Å². The highest BCUT2D eigenvalue weighted by molar-refractivity contribution is 5.94. The van der Waals surface area contributed by atoms with Crippen molar-refractivity contribution in [3.63, 3.8) is 0 Å². The van der Waals surface area contributed by atoms with E-state index in [1.807, 2.05) is 0 Å². The molecule has 0 atom stereocenters. The maximum absolute atomic E-state index is 12.4. The average molecular weight is 647 g/mol. The summed E-state index contributed by atoms with van der Waals surface area (Å²) in [5, 5.41) is 48.9. The number of amides is 3. The molecule has 0 bridgehead atoms. The van der Waals surface area contributed by atoms with Gasteiger partial charge >= 0.3 is 0 Å². The van der Waals surface area contributed by atoms with Crippen molar-refractivity contribution in [1.29, 1.82) is 0 Å². The summed E-state index contributed by atoms with van der Waals surface area (Å²) in [7, 11) is 0. The molecule has 3 heterocycles. The molecule has 0 aliphatic heterocycles. The lowest BCUT2D eigenvalue weighted by Gasteiger charge is -2.26. The van der Waals surface area contributed by atoms with E-state index in [1.165, 1.54) is 0 Å². The molecule has 18 nitrogen and oxygen atoms in total. The van der Waals surface area contributed by atoms with Crippen LogP contribution in [0.4, 0.5) is 0 Å². The number of hydrogen-bond acceptors (Lipinski definition) is 14. The normalized spacial score (nSPS) is 11.0. The first-order valence-electron chi connectivity index (χ1n) is 13.8. The van der Waals surface area contributed by atoms with Gasteiger partial charge in [0.1, 0.15) is 0 Å². The number of hydrogen-bond donors (Lipinski definition) is 6. The zero-order valence-electron chi connectivity index (χ0n) is 24.1. The van der Waals surface area contributed by atoms with Crippen molar-refractivity contribution in [2.45, 2.75) is 44.1 Å². The molecule has 18 heteroatoms. The zero-order valence-corrected chi connectivity index (χ0v) is 24.1. The molecule has 3 aromatic rings. The van der Waals surface area contributed by atoms with Crippen LogP contribution in [-0.4, -0.2) is 63.1 Å².